The number of rotatable bonds is 6. The number of para-hydroxylation sites is 2. The molecule has 1 aromatic heterocycles. The van der Waals surface area contributed by atoms with Gasteiger partial charge in [0.25, 0.3) is 0 Å². The SMILES string of the molecule is Cc1nn(-c2ccccc2)c(Cl)c1CN(C[C@H](C)O)c1ccccc1. The molecule has 0 aliphatic heterocycles. The minimum Gasteiger partial charge on any atom is -0.392 e. The van der Waals surface area contributed by atoms with Gasteiger partial charge in [0.05, 0.1) is 17.5 Å². The highest BCUT2D eigenvalue weighted by molar-refractivity contribution is 6.30. The van der Waals surface area contributed by atoms with E-state index in [0.717, 1.165) is 22.6 Å². The number of hydrogen-bond donors (Lipinski definition) is 1. The lowest BCUT2D eigenvalue weighted by Gasteiger charge is -2.26. The minimum atomic E-state index is -0.441. The highest BCUT2D eigenvalue weighted by Crippen LogP contribution is 2.27. The van der Waals surface area contributed by atoms with E-state index in [4.69, 9.17) is 11.6 Å². The lowest BCUT2D eigenvalue weighted by molar-refractivity contribution is 0.199. The molecule has 0 unspecified atom stereocenters. The van der Waals surface area contributed by atoms with E-state index in [-0.39, 0.29) is 0 Å². The van der Waals surface area contributed by atoms with E-state index < -0.39 is 6.10 Å². The molecule has 5 heteroatoms. The first-order valence-corrected chi connectivity index (χ1v) is 8.71. The van der Waals surface area contributed by atoms with Gasteiger partial charge in [0.15, 0.2) is 0 Å². The van der Waals surface area contributed by atoms with Crippen LogP contribution in [0, 0.1) is 6.92 Å². The highest BCUT2D eigenvalue weighted by Gasteiger charge is 2.19. The molecule has 1 heterocycles. The number of aryl methyl sites for hydroxylation is 1. The number of hydrogen-bond acceptors (Lipinski definition) is 3. The molecule has 0 fully saturated rings. The van der Waals surface area contributed by atoms with E-state index in [1.165, 1.54) is 0 Å². The van der Waals surface area contributed by atoms with E-state index in [0.29, 0.717) is 18.2 Å². The van der Waals surface area contributed by atoms with Crippen LogP contribution in [-0.4, -0.2) is 27.5 Å². The Morgan fingerprint density at radius 1 is 1.08 bits per heavy atom. The van der Waals surface area contributed by atoms with Gasteiger partial charge < -0.3 is 10.0 Å². The second-order valence-corrected chi connectivity index (χ2v) is 6.53. The van der Waals surface area contributed by atoms with Crippen LogP contribution in [-0.2, 0) is 6.54 Å². The molecule has 1 atom stereocenters. The van der Waals surface area contributed by atoms with Crippen LogP contribution in [0.4, 0.5) is 5.69 Å². The molecule has 0 spiro atoms. The third-order valence-corrected chi connectivity index (χ3v) is 4.47. The van der Waals surface area contributed by atoms with Crippen LogP contribution in [0.3, 0.4) is 0 Å². The zero-order valence-electron chi connectivity index (χ0n) is 14.4. The largest absolute Gasteiger partial charge is 0.392 e. The number of aliphatic hydroxyl groups is 1. The Morgan fingerprint density at radius 3 is 2.28 bits per heavy atom. The van der Waals surface area contributed by atoms with Crippen molar-refractivity contribution in [3.63, 3.8) is 0 Å². The Bertz CT molecular complexity index is 816. The standard InChI is InChI=1S/C20H22ClN3O/c1-15(25)13-23(17-9-5-3-6-10-17)14-19-16(2)22-24(20(19)21)18-11-7-4-8-12-18/h3-12,15,25H,13-14H2,1-2H3/t15-/m0/s1. The molecule has 0 aliphatic rings. The van der Waals surface area contributed by atoms with Crippen LogP contribution in [0.15, 0.2) is 60.7 Å². The summed E-state index contributed by atoms with van der Waals surface area (Å²) in [5.74, 6) is 0. The van der Waals surface area contributed by atoms with E-state index in [1.54, 1.807) is 11.6 Å². The van der Waals surface area contributed by atoms with Gasteiger partial charge in [0, 0.05) is 24.3 Å². The number of aromatic nitrogens is 2. The quantitative estimate of drug-likeness (QED) is 0.719. The Morgan fingerprint density at radius 2 is 1.68 bits per heavy atom. The monoisotopic (exact) mass is 355 g/mol. The third-order valence-electron chi connectivity index (χ3n) is 4.08. The molecular weight excluding hydrogens is 334 g/mol. The molecule has 0 bridgehead atoms. The zero-order chi connectivity index (χ0) is 17.8. The van der Waals surface area contributed by atoms with Crippen LogP contribution >= 0.6 is 11.6 Å². The summed E-state index contributed by atoms with van der Waals surface area (Å²) in [4.78, 5) is 2.12. The topological polar surface area (TPSA) is 41.3 Å². The molecule has 4 nitrogen and oxygen atoms in total. The Balaban J connectivity index is 1.94. The Labute approximate surface area is 153 Å². The van der Waals surface area contributed by atoms with Crippen molar-refractivity contribution in [2.24, 2.45) is 0 Å². The average Bonchev–Trinajstić information content (AvgIpc) is 2.90. The molecule has 0 saturated carbocycles. The van der Waals surface area contributed by atoms with Gasteiger partial charge >= 0.3 is 0 Å². The van der Waals surface area contributed by atoms with Crippen LogP contribution in [0.2, 0.25) is 5.15 Å². The van der Waals surface area contributed by atoms with Gasteiger partial charge in [-0.25, -0.2) is 4.68 Å². The van der Waals surface area contributed by atoms with E-state index in [2.05, 4.69) is 10.00 Å². The van der Waals surface area contributed by atoms with E-state index in [9.17, 15) is 5.11 Å². The maximum atomic E-state index is 9.89. The van der Waals surface area contributed by atoms with Crippen molar-refractivity contribution < 1.29 is 5.11 Å². The fourth-order valence-corrected chi connectivity index (χ4v) is 3.19. The molecular formula is C20H22ClN3O. The number of halogens is 1. The third kappa shape index (κ3) is 4.03. The number of aliphatic hydroxyl groups excluding tert-OH is 1. The summed E-state index contributed by atoms with van der Waals surface area (Å²) in [6.45, 7) is 4.87. The number of benzene rings is 2. The fourth-order valence-electron chi connectivity index (χ4n) is 2.86. The van der Waals surface area contributed by atoms with Crippen molar-refractivity contribution >= 4 is 17.3 Å². The van der Waals surface area contributed by atoms with Crippen LogP contribution in [0.1, 0.15) is 18.2 Å². The van der Waals surface area contributed by atoms with E-state index >= 15 is 0 Å². The van der Waals surface area contributed by atoms with Gasteiger partial charge in [0.2, 0.25) is 0 Å². The van der Waals surface area contributed by atoms with Crippen molar-refractivity contribution in [2.45, 2.75) is 26.5 Å². The number of nitrogens with zero attached hydrogens (tertiary/aromatic N) is 3. The van der Waals surface area contributed by atoms with Gasteiger partial charge in [-0.2, -0.15) is 5.10 Å². The van der Waals surface area contributed by atoms with Crippen LogP contribution in [0.25, 0.3) is 5.69 Å². The van der Waals surface area contributed by atoms with Crippen molar-refractivity contribution in [3.05, 3.63) is 77.1 Å². The smallest absolute Gasteiger partial charge is 0.138 e. The first-order valence-electron chi connectivity index (χ1n) is 8.33. The van der Waals surface area contributed by atoms with Gasteiger partial charge in [-0.05, 0) is 38.1 Å². The molecule has 3 aromatic rings. The normalized spacial score (nSPS) is 12.2. The van der Waals surface area contributed by atoms with Crippen molar-refractivity contribution in [2.75, 3.05) is 11.4 Å². The summed E-state index contributed by atoms with van der Waals surface area (Å²) in [6, 6.07) is 19.9. The molecule has 1 N–H and O–H groups in total. The lowest BCUT2D eigenvalue weighted by atomic mass is 10.2. The fraction of sp³-hybridized carbons (Fsp3) is 0.250. The summed E-state index contributed by atoms with van der Waals surface area (Å²) in [5, 5.41) is 15.1. The summed E-state index contributed by atoms with van der Waals surface area (Å²) >= 11 is 6.64. The molecule has 25 heavy (non-hydrogen) atoms. The summed E-state index contributed by atoms with van der Waals surface area (Å²) < 4.78 is 1.76. The molecule has 0 aliphatic carbocycles. The average molecular weight is 356 g/mol. The molecule has 0 amide bonds. The van der Waals surface area contributed by atoms with Crippen molar-refractivity contribution in [1.29, 1.82) is 0 Å². The number of anilines is 1. The minimum absolute atomic E-state index is 0.441. The maximum absolute atomic E-state index is 9.89. The highest BCUT2D eigenvalue weighted by atomic mass is 35.5. The van der Waals surface area contributed by atoms with E-state index in [1.807, 2.05) is 67.6 Å². The molecule has 2 aromatic carbocycles. The Kier molecular flexibility index (Phi) is 5.41. The lowest BCUT2D eigenvalue weighted by Crippen LogP contribution is -2.30. The van der Waals surface area contributed by atoms with Crippen molar-refractivity contribution in [1.82, 2.24) is 9.78 Å². The first-order chi connectivity index (χ1) is 12.1. The van der Waals surface area contributed by atoms with Gasteiger partial charge in [0.1, 0.15) is 5.15 Å². The zero-order valence-corrected chi connectivity index (χ0v) is 15.2. The summed E-state index contributed by atoms with van der Waals surface area (Å²) in [7, 11) is 0. The van der Waals surface area contributed by atoms with Gasteiger partial charge in [-0.3, -0.25) is 0 Å². The van der Waals surface area contributed by atoms with Crippen LogP contribution in [0.5, 0.6) is 0 Å². The first kappa shape index (κ1) is 17.5. The second-order valence-electron chi connectivity index (χ2n) is 6.17. The molecule has 0 saturated heterocycles. The van der Waals surface area contributed by atoms with Crippen molar-refractivity contribution in [3.8, 4) is 5.69 Å². The summed E-state index contributed by atoms with van der Waals surface area (Å²) in [5.41, 5.74) is 3.84. The molecule has 0 radical (unpaired) electrons. The Hall–Kier alpha value is -2.30. The predicted molar refractivity (Wildman–Crippen MR) is 102 cm³/mol. The van der Waals surface area contributed by atoms with Gasteiger partial charge in [-0.15, -0.1) is 0 Å². The molecule has 130 valence electrons. The van der Waals surface area contributed by atoms with Gasteiger partial charge in [-0.1, -0.05) is 48.0 Å². The van der Waals surface area contributed by atoms with Crippen LogP contribution < -0.4 is 4.90 Å². The predicted octanol–water partition coefficient (Wildman–Crippen LogP) is 4.22. The molecule has 3 rings (SSSR count). The second kappa shape index (κ2) is 7.72. The maximum Gasteiger partial charge on any atom is 0.138 e. The summed E-state index contributed by atoms with van der Waals surface area (Å²) in [6.07, 6.45) is -0.441.